The second kappa shape index (κ2) is 4.84. The van der Waals surface area contributed by atoms with Crippen LogP contribution in [0, 0.1) is 11.8 Å². The van der Waals surface area contributed by atoms with E-state index >= 15 is 0 Å². The number of aromatic nitrogens is 2. The van der Waals surface area contributed by atoms with Crippen molar-refractivity contribution < 1.29 is 0 Å². The molecule has 2 aromatic rings. The summed E-state index contributed by atoms with van der Waals surface area (Å²) in [6.07, 6.45) is 6.64. The highest BCUT2D eigenvalue weighted by Crippen LogP contribution is 2.36. The lowest BCUT2D eigenvalue weighted by Crippen LogP contribution is -2.15. The number of anilines is 1. The van der Waals surface area contributed by atoms with Gasteiger partial charge in [-0.05, 0) is 36.8 Å². The molecule has 1 aromatic heterocycles. The number of nitrogens with one attached hydrogen (secondary N) is 1. The predicted octanol–water partition coefficient (Wildman–Crippen LogP) is 3.33. The highest BCUT2D eigenvalue weighted by atomic mass is 15.2. The Morgan fingerprint density at radius 1 is 1.33 bits per heavy atom. The molecule has 1 heterocycles. The average Bonchev–Trinajstić information content (AvgIpc) is 3.16. The number of nitrogens with zero attached hydrogens (tertiary/aromatic N) is 2. The van der Waals surface area contributed by atoms with Crippen LogP contribution in [0.2, 0.25) is 0 Å². The second-order valence-corrected chi connectivity index (χ2v) is 5.15. The quantitative estimate of drug-likeness (QED) is 0.870. The fourth-order valence-electron chi connectivity index (χ4n) is 2.32. The van der Waals surface area contributed by atoms with Crippen molar-refractivity contribution in [3.8, 4) is 5.69 Å². The maximum atomic E-state index is 4.40. The molecule has 1 N–H and O–H groups in total. The summed E-state index contributed by atoms with van der Waals surface area (Å²) in [6, 6.07) is 10.3. The number of hydrogen-bond donors (Lipinski definition) is 1. The van der Waals surface area contributed by atoms with Gasteiger partial charge in [-0.15, -0.1) is 0 Å². The molecule has 0 aliphatic heterocycles. The standard InChI is InChI=1S/C15H19N3/c1-12(13-7-8-13)11-17-15-16-9-10-18(15)14-5-3-2-4-6-14/h2-6,9-10,12-13H,7-8,11H2,1H3,(H,16,17). The average molecular weight is 241 g/mol. The molecule has 0 radical (unpaired) electrons. The van der Waals surface area contributed by atoms with E-state index in [1.807, 2.05) is 30.6 Å². The summed E-state index contributed by atoms with van der Waals surface area (Å²) >= 11 is 0. The van der Waals surface area contributed by atoms with Gasteiger partial charge in [-0.1, -0.05) is 25.1 Å². The number of benzene rings is 1. The van der Waals surface area contributed by atoms with Gasteiger partial charge in [-0.3, -0.25) is 4.57 Å². The third kappa shape index (κ3) is 2.40. The molecule has 1 aliphatic carbocycles. The number of imidazole rings is 1. The minimum atomic E-state index is 0.742. The molecule has 94 valence electrons. The van der Waals surface area contributed by atoms with Crippen LogP contribution in [0.3, 0.4) is 0 Å². The van der Waals surface area contributed by atoms with Crippen LogP contribution < -0.4 is 5.32 Å². The smallest absolute Gasteiger partial charge is 0.207 e. The Morgan fingerprint density at radius 2 is 2.11 bits per heavy atom. The van der Waals surface area contributed by atoms with E-state index in [1.165, 1.54) is 12.8 Å². The van der Waals surface area contributed by atoms with Crippen molar-refractivity contribution in [3.05, 3.63) is 42.7 Å². The molecule has 1 atom stereocenters. The third-order valence-corrected chi connectivity index (χ3v) is 3.68. The number of rotatable bonds is 5. The molecule has 1 fully saturated rings. The predicted molar refractivity (Wildman–Crippen MR) is 73.9 cm³/mol. The van der Waals surface area contributed by atoms with E-state index in [2.05, 4.69) is 33.9 Å². The maximum Gasteiger partial charge on any atom is 0.207 e. The van der Waals surface area contributed by atoms with Crippen LogP contribution in [0.15, 0.2) is 42.7 Å². The van der Waals surface area contributed by atoms with Gasteiger partial charge in [0.25, 0.3) is 0 Å². The Balaban J connectivity index is 1.71. The Kier molecular flexibility index (Phi) is 3.05. The normalized spacial score (nSPS) is 16.5. The first-order chi connectivity index (χ1) is 8.84. The Bertz CT molecular complexity index is 499. The Hall–Kier alpha value is -1.77. The summed E-state index contributed by atoms with van der Waals surface area (Å²) in [5.41, 5.74) is 1.15. The lowest BCUT2D eigenvalue weighted by atomic mass is 10.1. The first-order valence-corrected chi connectivity index (χ1v) is 6.67. The largest absolute Gasteiger partial charge is 0.355 e. The Labute approximate surface area is 108 Å². The molecule has 0 saturated heterocycles. The van der Waals surface area contributed by atoms with Gasteiger partial charge >= 0.3 is 0 Å². The zero-order valence-electron chi connectivity index (χ0n) is 10.7. The molecule has 1 aliphatic rings. The van der Waals surface area contributed by atoms with Gasteiger partial charge in [0.2, 0.25) is 5.95 Å². The summed E-state index contributed by atoms with van der Waals surface area (Å²) < 4.78 is 2.10. The zero-order valence-corrected chi connectivity index (χ0v) is 10.7. The van der Waals surface area contributed by atoms with Crippen LogP contribution >= 0.6 is 0 Å². The summed E-state index contributed by atoms with van der Waals surface area (Å²) in [4.78, 5) is 4.40. The molecular formula is C15H19N3. The van der Waals surface area contributed by atoms with Crippen molar-refractivity contribution in [1.29, 1.82) is 0 Å². The molecule has 3 heteroatoms. The van der Waals surface area contributed by atoms with E-state index in [4.69, 9.17) is 0 Å². The van der Waals surface area contributed by atoms with Crippen LogP contribution in [0.5, 0.6) is 0 Å². The van der Waals surface area contributed by atoms with Gasteiger partial charge in [0.1, 0.15) is 0 Å². The summed E-state index contributed by atoms with van der Waals surface area (Å²) in [5, 5.41) is 3.46. The van der Waals surface area contributed by atoms with Crippen molar-refractivity contribution in [2.24, 2.45) is 11.8 Å². The minimum absolute atomic E-state index is 0.742. The van der Waals surface area contributed by atoms with E-state index in [0.717, 1.165) is 30.0 Å². The van der Waals surface area contributed by atoms with Crippen molar-refractivity contribution >= 4 is 5.95 Å². The van der Waals surface area contributed by atoms with Crippen LogP contribution in [0.4, 0.5) is 5.95 Å². The van der Waals surface area contributed by atoms with Gasteiger partial charge in [0.15, 0.2) is 0 Å². The van der Waals surface area contributed by atoms with Crippen molar-refractivity contribution in [2.75, 3.05) is 11.9 Å². The molecule has 1 unspecified atom stereocenters. The lowest BCUT2D eigenvalue weighted by Gasteiger charge is -2.13. The van der Waals surface area contributed by atoms with Crippen molar-refractivity contribution in [2.45, 2.75) is 19.8 Å². The van der Waals surface area contributed by atoms with Crippen LogP contribution in [0.25, 0.3) is 5.69 Å². The number of hydrogen-bond acceptors (Lipinski definition) is 2. The minimum Gasteiger partial charge on any atom is -0.355 e. The fourth-order valence-corrected chi connectivity index (χ4v) is 2.32. The second-order valence-electron chi connectivity index (χ2n) is 5.15. The molecule has 0 amide bonds. The maximum absolute atomic E-state index is 4.40. The highest BCUT2D eigenvalue weighted by molar-refractivity contribution is 5.41. The van der Waals surface area contributed by atoms with E-state index in [1.54, 1.807) is 0 Å². The van der Waals surface area contributed by atoms with Crippen molar-refractivity contribution in [1.82, 2.24) is 9.55 Å². The van der Waals surface area contributed by atoms with Crippen LogP contribution in [-0.2, 0) is 0 Å². The summed E-state index contributed by atoms with van der Waals surface area (Å²) in [7, 11) is 0. The van der Waals surface area contributed by atoms with Gasteiger partial charge in [-0.25, -0.2) is 4.98 Å². The van der Waals surface area contributed by atoms with E-state index in [0.29, 0.717) is 0 Å². The molecule has 0 bridgehead atoms. The van der Waals surface area contributed by atoms with Gasteiger partial charge in [0.05, 0.1) is 0 Å². The summed E-state index contributed by atoms with van der Waals surface area (Å²) in [5.74, 6) is 2.61. The first kappa shape index (κ1) is 11.3. The molecule has 18 heavy (non-hydrogen) atoms. The van der Waals surface area contributed by atoms with E-state index in [9.17, 15) is 0 Å². The Morgan fingerprint density at radius 3 is 2.83 bits per heavy atom. The number of para-hydroxylation sites is 1. The molecule has 1 saturated carbocycles. The van der Waals surface area contributed by atoms with Crippen molar-refractivity contribution in [3.63, 3.8) is 0 Å². The van der Waals surface area contributed by atoms with E-state index in [-0.39, 0.29) is 0 Å². The van der Waals surface area contributed by atoms with Crippen LogP contribution in [-0.4, -0.2) is 16.1 Å². The molecule has 0 spiro atoms. The SMILES string of the molecule is CC(CNc1nccn1-c1ccccc1)C1CC1. The third-order valence-electron chi connectivity index (χ3n) is 3.68. The topological polar surface area (TPSA) is 29.9 Å². The molecule has 3 rings (SSSR count). The van der Waals surface area contributed by atoms with Gasteiger partial charge < -0.3 is 5.32 Å². The summed E-state index contributed by atoms with van der Waals surface area (Å²) in [6.45, 7) is 3.33. The molecular weight excluding hydrogens is 222 g/mol. The fraction of sp³-hybridized carbons (Fsp3) is 0.400. The molecule has 3 nitrogen and oxygen atoms in total. The van der Waals surface area contributed by atoms with Crippen LogP contribution in [0.1, 0.15) is 19.8 Å². The highest BCUT2D eigenvalue weighted by Gasteiger charge is 2.27. The first-order valence-electron chi connectivity index (χ1n) is 6.67. The lowest BCUT2D eigenvalue weighted by molar-refractivity contribution is 0.534. The monoisotopic (exact) mass is 241 g/mol. The van der Waals surface area contributed by atoms with E-state index < -0.39 is 0 Å². The molecule has 1 aromatic carbocycles. The zero-order chi connectivity index (χ0) is 12.4. The van der Waals surface area contributed by atoms with Gasteiger partial charge in [0, 0.05) is 24.6 Å². The van der Waals surface area contributed by atoms with Gasteiger partial charge in [-0.2, -0.15) is 0 Å².